The number of nitrogens with zero attached hydrogens (tertiary/aromatic N) is 1. The molecule has 0 bridgehead atoms. The Hall–Kier alpha value is -1.58. The van der Waals surface area contributed by atoms with Crippen LogP contribution >= 0.6 is 11.6 Å². The Labute approximate surface area is 111 Å². The molecule has 4 heteroatoms. The van der Waals surface area contributed by atoms with Crippen molar-refractivity contribution in [1.82, 2.24) is 4.98 Å². The lowest BCUT2D eigenvalue weighted by molar-refractivity contribution is 0.108. The number of aliphatic hydroxyl groups excluding tert-OH is 1. The number of hydrogen-bond acceptors (Lipinski definition) is 3. The third kappa shape index (κ3) is 4.02. The minimum Gasteiger partial charge on any atom is -0.491 e. The van der Waals surface area contributed by atoms with E-state index >= 15 is 0 Å². The molecule has 0 spiro atoms. The molecule has 0 aliphatic heterocycles. The zero-order valence-electron chi connectivity index (χ0n) is 9.79. The summed E-state index contributed by atoms with van der Waals surface area (Å²) in [4.78, 5) is 3.93. The number of aliphatic hydroxyl groups is 1. The highest BCUT2D eigenvalue weighted by atomic mass is 35.5. The first-order chi connectivity index (χ1) is 8.74. The highest BCUT2D eigenvalue weighted by molar-refractivity contribution is 6.30. The summed E-state index contributed by atoms with van der Waals surface area (Å²) >= 11 is 5.77. The summed E-state index contributed by atoms with van der Waals surface area (Å²) in [5.41, 5.74) is 1.04. The minimum absolute atomic E-state index is 0.254. The van der Waals surface area contributed by atoms with Gasteiger partial charge in [-0.25, -0.2) is 0 Å². The molecule has 1 atom stereocenters. The molecule has 94 valence electrons. The van der Waals surface area contributed by atoms with Gasteiger partial charge in [0.05, 0.1) is 6.10 Å². The van der Waals surface area contributed by atoms with Crippen LogP contribution < -0.4 is 4.74 Å². The van der Waals surface area contributed by atoms with Gasteiger partial charge in [-0.1, -0.05) is 11.6 Å². The first-order valence-corrected chi connectivity index (χ1v) is 6.07. The van der Waals surface area contributed by atoms with E-state index in [-0.39, 0.29) is 6.61 Å². The topological polar surface area (TPSA) is 42.4 Å². The van der Waals surface area contributed by atoms with E-state index in [9.17, 15) is 5.11 Å². The Morgan fingerprint density at radius 1 is 1.11 bits per heavy atom. The normalized spacial score (nSPS) is 12.1. The number of aromatic nitrogens is 1. The number of ether oxygens (including phenoxy) is 1. The maximum atomic E-state index is 9.85. The van der Waals surface area contributed by atoms with Crippen LogP contribution in [0, 0.1) is 0 Å². The molecule has 1 aromatic carbocycles. The van der Waals surface area contributed by atoms with Crippen LogP contribution in [0.4, 0.5) is 0 Å². The van der Waals surface area contributed by atoms with Gasteiger partial charge in [0.2, 0.25) is 0 Å². The van der Waals surface area contributed by atoms with Crippen molar-refractivity contribution in [3.8, 4) is 5.75 Å². The first kappa shape index (κ1) is 12.9. The molecule has 3 nitrogen and oxygen atoms in total. The van der Waals surface area contributed by atoms with Crippen molar-refractivity contribution >= 4 is 11.6 Å². The number of halogens is 1. The van der Waals surface area contributed by atoms with E-state index in [1.54, 1.807) is 36.7 Å². The summed E-state index contributed by atoms with van der Waals surface area (Å²) in [6.07, 6.45) is 3.43. The molecule has 0 aliphatic rings. The van der Waals surface area contributed by atoms with Crippen LogP contribution in [0.5, 0.6) is 5.75 Å². The van der Waals surface area contributed by atoms with Crippen LogP contribution in [0.3, 0.4) is 0 Å². The molecule has 1 unspecified atom stereocenters. The maximum absolute atomic E-state index is 9.85. The van der Waals surface area contributed by atoms with Crippen LogP contribution in [-0.4, -0.2) is 22.8 Å². The Morgan fingerprint density at radius 3 is 2.44 bits per heavy atom. The van der Waals surface area contributed by atoms with Crippen LogP contribution in [0.1, 0.15) is 5.56 Å². The SMILES string of the molecule is OC(COc1ccc(Cl)cc1)Cc1ccncc1. The number of rotatable bonds is 5. The van der Waals surface area contributed by atoms with Gasteiger partial charge in [-0.05, 0) is 42.0 Å². The number of hydrogen-bond donors (Lipinski definition) is 1. The monoisotopic (exact) mass is 263 g/mol. The van der Waals surface area contributed by atoms with Gasteiger partial charge in [0.1, 0.15) is 12.4 Å². The second kappa shape index (κ2) is 6.38. The summed E-state index contributed by atoms with van der Waals surface area (Å²) in [5.74, 6) is 0.702. The molecule has 1 aromatic heterocycles. The fourth-order valence-electron chi connectivity index (χ4n) is 1.57. The molecule has 2 rings (SSSR count). The summed E-state index contributed by atoms with van der Waals surface area (Å²) in [5, 5.41) is 10.5. The van der Waals surface area contributed by atoms with Crippen LogP contribution in [0.2, 0.25) is 5.02 Å². The highest BCUT2D eigenvalue weighted by Crippen LogP contribution is 2.15. The molecule has 18 heavy (non-hydrogen) atoms. The van der Waals surface area contributed by atoms with Gasteiger partial charge in [-0.2, -0.15) is 0 Å². The molecular formula is C14H14ClNO2. The summed E-state index contributed by atoms with van der Waals surface area (Å²) in [6, 6.07) is 10.8. The zero-order valence-corrected chi connectivity index (χ0v) is 10.5. The van der Waals surface area contributed by atoms with E-state index in [1.807, 2.05) is 12.1 Å². The summed E-state index contributed by atoms with van der Waals surface area (Å²) in [7, 11) is 0. The molecule has 0 amide bonds. The van der Waals surface area contributed by atoms with Gasteiger partial charge in [0.15, 0.2) is 0 Å². The van der Waals surface area contributed by atoms with Crippen molar-refractivity contribution in [3.63, 3.8) is 0 Å². The largest absolute Gasteiger partial charge is 0.491 e. The molecule has 0 saturated carbocycles. The third-order valence-electron chi connectivity index (χ3n) is 2.48. The Morgan fingerprint density at radius 2 is 1.78 bits per heavy atom. The Balaban J connectivity index is 1.81. The predicted octanol–water partition coefficient (Wildman–Crippen LogP) is 2.72. The minimum atomic E-state index is -0.539. The fourth-order valence-corrected chi connectivity index (χ4v) is 1.70. The van der Waals surface area contributed by atoms with Crippen LogP contribution in [0.25, 0.3) is 0 Å². The average Bonchev–Trinajstić information content (AvgIpc) is 2.39. The van der Waals surface area contributed by atoms with Crippen molar-refractivity contribution in [2.24, 2.45) is 0 Å². The van der Waals surface area contributed by atoms with Gasteiger partial charge >= 0.3 is 0 Å². The van der Waals surface area contributed by atoms with E-state index in [2.05, 4.69) is 4.98 Å². The van der Waals surface area contributed by atoms with Crippen LogP contribution in [-0.2, 0) is 6.42 Å². The Bertz CT molecular complexity index is 473. The molecule has 1 N–H and O–H groups in total. The standard InChI is InChI=1S/C14H14ClNO2/c15-12-1-3-14(4-2-12)18-10-13(17)9-11-5-7-16-8-6-11/h1-8,13,17H,9-10H2. The predicted molar refractivity (Wildman–Crippen MR) is 70.9 cm³/mol. The van der Waals surface area contributed by atoms with E-state index < -0.39 is 6.10 Å². The lowest BCUT2D eigenvalue weighted by Gasteiger charge is -2.12. The van der Waals surface area contributed by atoms with E-state index in [0.717, 1.165) is 5.56 Å². The van der Waals surface area contributed by atoms with Gasteiger partial charge in [-0.15, -0.1) is 0 Å². The highest BCUT2D eigenvalue weighted by Gasteiger charge is 2.06. The van der Waals surface area contributed by atoms with E-state index in [4.69, 9.17) is 16.3 Å². The molecule has 2 aromatic rings. The second-order valence-electron chi connectivity index (χ2n) is 3.98. The Kier molecular flexibility index (Phi) is 4.56. The molecule has 1 heterocycles. The molecule has 0 fully saturated rings. The maximum Gasteiger partial charge on any atom is 0.119 e. The van der Waals surface area contributed by atoms with Crippen LogP contribution in [0.15, 0.2) is 48.8 Å². The molecule has 0 saturated heterocycles. The van der Waals surface area contributed by atoms with Gasteiger partial charge in [0.25, 0.3) is 0 Å². The summed E-state index contributed by atoms with van der Waals surface area (Å²) < 4.78 is 5.47. The van der Waals surface area contributed by atoms with Gasteiger partial charge in [-0.3, -0.25) is 4.98 Å². The van der Waals surface area contributed by atoms with Gasteiger partial charge < -0.3 is 9.84 Å². The van der Waals surface area contributed by atoms with E-state index in [1.165, 1.54) is 0 Å². The van der Waals surface area contributed by atoms with E-state index in [0.29, 0.717) is 17.2 Å². The number of benzene rings is 1. The average molecular weight is 264 g/mol. The van der Waals surface area contributed by atoms with Crippen molar-refractivity contribution in [3.05, 3.63) is 59.4 Å². The van der Waals surface area contributed by atoms with Gasteiger partial charge in [0, 0.05) is 23.8 Å². The molecule has 0 radical (unpaired) electrons. The molecular weight excluding hydrogens is 250 g/mol. The zero-order chi connectivity index (χ0) is 12.8. The lowest BCUT2D eigenvalue weighted by atomic mass is 10.1. The third-order valence-corrected chi connectivity index (χ3v) is 2.73. The van der Waals surface area contributed by atoms with Crippen molar-refractivity contribution < 1.29 is 9.84 Å². The smallest absolute Gasteiger partial charge is 0.119 e. The number of pyridine rings is 1. The fraction of sp³-hybridized carbons (Fsp3) is 0.214. The summed E-state index contributed by atoms with van der Waals surface area (Å²) in [6.45, 7) is 0.254. The second-order valence-corrected chi connectivity index (χ2v) is 4.41. The van der Waals surface area contributed by atoms with Crippen molar-refractivity contribution in [1.29, 1.82) is 0 Å². The quantitative estimate of drug-likeness (QED) is 0.902. The lowest BCUT2D eigenvalue weighted by Crippen LogP contribution is -2.20. The molecule has 0 aliphatic carbocycles. The first-order valence-electron chi connectivity index (χ1n) is 5.69. The van der Waals surface area contributed by atoms with Crippen molar-refractivity contribution in [2.75, 3.05) is 6.61 Å². The van der Waals surface area contributed by atoms with Crippen molar-refractivity contribution in [2.45, 2.75) is 12.5 Å².